The van der Waals surface area contributed by atoms with Crippen LogP contribution in [0, 0.1) is 5.82 Å². The van der Waals surface area contributed by atoms with E-state index >= 15 is 0 Å². The van der Waals surface area contributed by atoms with E-state index in [0.29, 0.717) is 17.0 Å². The van der Waals surface area contributed by atoms with Crippen LogP contribution in [0.25, 0.3) is 11.3 Å². The highest BCUT2D eigenvalue weighted by molar-refractivity contribution is 5.91. The van der Waals surface area contributed by atoms with Crippen LogP contribution < -0.4 is 10.9 Å². The van der Waals surface area contributed by atoms with Crippen molar-refractivity contribution in [3.05, 3.63) is 70.0 Å². The molecular formula is C16H13FN4O3. The van der Waals surface area contributed by atoms with Crippen LogP contribution in [0.5, 0.6) is 0 Å². The van der Waals surface area contributed by atoms with E-state index in [9.17, 15) is 14.0 Å². The van der Waals surface area contributed by atoms with Crippen LogP contribution >= 0.6 is 0 Å². The number of aromatic nitrogens is 3. The summed E-state index contributed by atoms with van der Waals surface area (Å²) in [6.45, 7) is 0.133. The number of halogens is 1. The molecule has 2 heterocycles. The summed E-state index contributed by atoms with van der Waals surface area (Å²) in [5.74, 6) is -0.299. The summed E-state index contributed by atoms with van der Waals surface area (Å²) < 4.78 is 19.2. The Hall–Kier alpha value is -3.29. The molecule has 0 aliphatic heterocycles. The van der Waals surface area contributed by atoms with Gasteiger partial charge in [0.25, 0.3) is 11.5 Å². The predicted octanol–water partition coefficient (Wildman–Crippen LogP) is 1.50. The highest BCUT2D eigenvalue weighted by atomic mass is 19.1. The van der Waals surface area contributed by atoms with Crippen LogP contribution in [-0.2, 0) is 13.6 Å². The van der Waals surface area contributed by atoms with Crippen LogP contribution in [0.4, 0.5) is 4.39 Å². The maximum atomic E-state index is 12.9. The lowest BCUT2D eigenvalue weighted by molar-refractivity contribution is 0.0942. The van der Waals surface area contributed by atoms with Crippen molar-refractivity contribution < 1.29 is 13.7 Å². The fourth-order valence-electron chi connectivity index (χ4n) is 2.03. The minimum atomic E-state index is -0.433. The first-order valence-electron chi connectivity index (χ1n) is 7.07. The Balaban J connectivity index is 1.66. The van der Waals surface area contributed by atoms with Gasteiger partial charge < -0.3 is 9.84 Å². The van der Waals surface area contributed by atoms with E-state index in [4.69, 9.17) is 4.52 Å². The first-order valence-corrected chi connectivity index (χ1v) is 7.07. The lowest BCUT2D eigenvalue weighted by Crippen LogP contribution is -2.28. The van der Waals surface area contributed by atoms with Crippen LogP contribution in [0.3, 0.4) is 0 Å². The molecule has 0 unspecified atom stereocenters. The van der Waals surface area contributed by atoms with Gasteiger partial charge in [-0.05, 0) is 30.3 Å². The standard InChI is InChI=1S/C16H13FN4O3/c1-21-15(22)7-6-13(19-21)16(23)18-9-12-8-14(24-20-12)10-2-4-11(17)5-3-10/h2-8H,9H2,1H3,(H,18,23). The molecule has 8 heteroatoms. The number of hydrogen-bond acceptors (Lipinski definition) is 5. The molecule has 0 radical (unpaired) electrons. The topological polar surface area (TPSA) is 90.0 Å². The second-order valence-electron chi connectivity index (χ2n) is 5.05. The van der Waals surface area contributed by atoms with E-state index in [2.05, 4.69) is 15.6 Å². The largest absolute Gasteiger partial charge is 0.356 e. The molecule has 122 valence electrons. The van der Waals surface area contributed by atoms with Crippen molar-refractivity contribution >= 4 is 5.91 Å². The van der Waals surface area contributed by atoms with Gasteiger partial charge in [0.1, 0.15) is 17.2 Å². The number of amides is 1. The minimum Gasteiger partial charge on any atom is -0.356 e. The van der Waals surface area contributed by atoms with Gasteiger partial charge in [-0.1, -0.05) is 5.16 Å². The monoisotopic (exact) mass is 328 g/mol. The molecule has 3 aromatic rings. The Morgan fingerprint density at radius 3 is 2.71 bits per heavy atom. The zero-order valence-electron chi connectivity index (χ0n) is 12.7. The molecule has 0 aliphatic carbocycles. The lowest BCUT2D eigenvalue weighted by Gasteiger charge is -2.03. The first kappa shape index (κ1) is 15.6. The summed E-state index contributed by atoms with van der Waals surface area (Å²) in [5.41, 5.74) is 1.01. The summed E-state index contributed by atoms with van der Waals surface area (Å²) in [5, 5.41) is 10.3. The highest BCUT2D eigenvalue weighted by Gasteiger charge is 2.11. The Morgan fingerprint density at radius 2 is 2.00 bits per heavy atom. The smallest absolute Gasteiger partial charge is 0.272 e. The van der Waals surface area contributed by atoms with Gasteiger partial charge in [-0.3, -0.25) is 9.59 Å². The van der Waals surface area contributed by atoms with Crippen molar-refractivity contribution in [2.24, 2.45) is 7.05 Å². The average molecular weight is 328 g/mol. The van der Waals surface area contributed by atoms with Gasteiger partial charge >= 0.3 is 0 Å². The summed E-state index contributed by atoms with van der Waals surface area (Å²) >= 11 is 0. The summed E-state index contributed by atoms with van der Waals surface area (Å²) in [4.78, 5) is 23.3. The molecule has 24 heavy (non-hydrogen) atoms. The predicted molar refractivity (Wildman–Crippen MR) is 82.5 cm³/mol. The fourth-order valence-corrected chi connectivity index (χ4v) is 2.03. The number of rotatable bonds is 4. The van der Waals surface area contributed by atoms with Crippen LogP contribution in [-0.4, -0.2) is 20.8 Å². The molecule has 0 spiro atoms. The number of benzene rings is 1. The third-order valence-corrected chi connectivity index (χ3v) is 3.31. The van der Waals surface area contributed by atoms with Crippen molar-refractivity contribution in [3.8, 4) is 11.3 Å². The van der Waals surface area contributed by atoms with E-state index < -0.39 is 5.91 Å². The molecule has 3 rings (SSSR count). The number of carbonyl (C=O) groups excluding carboxylic acids is 1. The Kier molecular flexibility index (Phi) is 4.19. The van der Waals surface area contributed by atoms with E-state index in [0.717, 1.165) is 4.68 Å². The summed E-state index contributed by atoms with van der Waals surface area (Å²) in [6, 6.07) is 10.1. The fraction of sp³-hybridized carbons (Fsp3) is 0.125. The van der Waals surface area contributed by atoms with Gasteiger partial charge in [-0.2, -0.15) is 5.10 Å². The third-order valence-electron chi connectivity index (χ3n) is 3.31. The molecule has 0 fully saturated rings. The van der Waals surface area contributed by atoms with Gasteiger partial charge in [0.2, 0.25) is 0 Å². The number of hydrogen-bond donors (Lipinski definition) is 1. The Bertz CT molecular complexity index is 931. The van der Waals surface area contributed by atoms with Crippen molar-refractivity contribution in [1.82, 2.24) is 20.3 Å². The quantitative estimate of drug-likeness (QED) is 0.784. The molecule has 1 aromatic carbocycles. The van der Waals surface area contributed by atoms with Crippen LogP contribution in [0.15, 0.2) is 51.8 Å². The van der Waals surface area contributed by atoms with Gasteiger partial charge in [0.05, 0.1) is 6.54 Å². The first-order chi connectivity index (χ1) is 11.5. The number of carbonyl (C=O) groups is 1. The van der Waals surface area contributed by atoms with Gasteiger partial charge in [0.15, 0.2) is 5.76 Å². The second-order valence-corrected chi connectivity index (χ2v) is 5.05. The van der Waals surface area contributed by atoms with E-state index in [1.807, 2.05) is 0 Å². The molecule has 1 amide bonds. The van der Waals surface area contributed by atoms with E-state index in [1.165, 1.54) is 31.3 Å². The number of aryl methyl sites for hydroxylation is 1. The number of nitrogens with zero attached hydrogens (tertiary/aromatic N) is 3. The maximum absolute atomic E-state index is 12.9. The number of nitrogens with one attached hydrogen (secondary N) is 1. The van der Waals surface area contributed by atoms with E-state index in [1.54, 1.807) is 18.2 Å². The normalized spacial score (nSPS) is 10.6. The Morgan fingerprint density at radius 1 is 1.25 bits per heavy atom. The lowest BCUT2D eigenvalue weighted by atomic mass is 10.1. The van der Waals surface area contributed by atoms with Crippen molar-refractivity contribution in [2.45, 2.75) is 6.54 Å². The van der Waals surface area contributed by atoms with Crippen LogP contribution in [0.2, 0.25) is 0 Å². The maximum Gasteiger partial charge on any atom is 0.272 e. The molecule has 0 aliphatic rings. The molecule has 1 N–H and O–H groups in total. The van der Waals surface area contributed by atoms with Crippen molar-refractivity contribution in [1.29, 1.82) is 0 Å². The minimum absolute atomic E-state index is 0.124. The van der Waals surface area contributed by atoms with Gasteiger partial charge in [-0.25, -0.2) is 9.07 Å². The zero-order valence-corrected chi connectivity index (χ0v) is 12.7. The Labute approximate surface area is 135 Å². The molecule has 0 bridgehead atoms. The van der Waals surface area contributed by atoms with Gasteiger partial charge in [-0.15, -0.1) is 0 Å². The highest BCUT2D eigenvalue weighted by Crippen LogP contribution is 2.20. The molecule has 0 saturated heterocycles. The van der Waals surface area contributed by atoms with Gasteiger partial charge in [0, 0.05) is 24.7 Å². The average Bonchev–Trinajstić information content (AvgIpc) is 3.05. The molecule has 0 saturated carbocycles. The van der Waals surface area contributed by atoms with Crippen LogP contribution in [0.1, 0.15) is 16.2 Å². The SMILES string of the molecule is Cn1nc(C(=O)NCc2cc(-c3ccc(F)cc3)on2)ccc1=O. The zero-order chi connectivity index (χ0) is 17.1. The molecule has 0 atom stereocenters. The third kappa shape index (κ3) is 3.37. The second kappa shape index (κ2) is 6.45. The molecule has 2 aromatic heterocycles. The summed E-state index contributed by atoms with van der Waals surface area (Å²) in [6.07, 6.45) is 0. The van der Waals surface area contributed by atoms with E-state index in [-0.39, 0.29) is 23.6 Å². The van der Waals surface area contributed by atoms with Crippen molar-refractivity contribution in [3.63, 3.8) is 0 Å². The molecular weight excluding hydrogens is 315 g/mol. The molecule has 7 nitrogen and oxygen atoms in total. The van der Waals surface area contributed by atoms with Crippen molar-refractivity contribution in [2.75, 3.05) is 0 Å². The summed E-state index contributed by atoms with van der Waals surface area (Å²) in [7, 11) is 1.46.